The molecule has 1 fully saturated rings. The number of hydrogen-bond acceptors (Lipinski definition) is 5. The van der Waals surface area contributed by atoms with Gasteiger partial charge < -0.3 is 15.0 Å². The molecule has 0 bridgehead atoms. The predicted octanol–water partition coefficient (Wildman–Crippen LogP) is 2.57. The zero-order chi connectivity index (χ0) is 19.8. The Balaban J connectivity index is 1.36. The first-order valence-electron chi connectivity index (χ1n) is 9.94. The predicted molar refractivity (Wildman–Crippen MR) is 117 cm³/mol. The molecule has 1 aromatic carbocycles. The number of aliphatic imine (C=N–C) groups is 1. The SMILES string of the molecule is CN=C(NCCc1sc(C)nc1C)N1CCN(CCOc2ccccc2)CC1. The maximum Gasteiger partial charge on any atom is 0.193 e. The number of para-hydroxylation sites is 1. The maximum absolute atomic E-state index is 5.82. The molecule has 2 heterocycles. The van der Waals surface area contributed by atoms with Crippen LogP contribution in [-0.2, 0) is 6.42 Å². The molecule has 28 heavy (non-hydrogen) atoms. The van der Waals surface area contributed by atoms with E-state index in [1.807, 2.05) is 37.4 Å². The number of thiazole rings is 1. The van der Waals surface area contributed by atoms with Gasteiger partial charge in [0.15, 0.2) is 5.96 Å². The van der Waals surface area contributed by atoms with Crippen molar-refractivity contribution in [3.8, 4) is 5.75 Å². The van der Waals surface area contributed by atoms with Crippen molar-refractivity contribution in [2.75, 3.05) is 52.9 Å². The number of piperazine rings is 1. The van der Waals surface area contributed by atoms with E-state index >= 15 is 0 Å². The van der Waals surface area contributed by atoms with Gasteiger partial charge in [0, 0.05) is 57.6 Å². The molecular formula is C21H31N5OS. The summed E-state index contributed by atoms with van der Waals surface area (Å²) in [5.41, 5.74) is 1.16. The summed E-state index contributed by atoms with van der Waals surface area (Å²) in [6, 6.07) is 10.0. The summed E-state index contributed by atoms with van der Waals surface area (Å²) in [5.74, 6) is 1.94. The molecule has 0 radical (unpaired) electrons. The lowest BCUT2D eigenvalue weighted by molar-refractivity contribution is 0.152. The lowest BCUT2D eigenvalue weighted by atomic mass is 10.3. The Kier molecular flexibility index (Phi) is 7.68. The topological polar surface area (TPSA) is 53.0 Å². The fraction of sp³-hybridized carbons (Fsp3) is 0.524. The monoisotopic (exact) mass is 401 g/mol. The minimum Gasteiger partial charge on any atom is -0.492 e. The highest BCUT2D eigenvalue weighted by Crippen LogP contribution is 2.17. The third-order valence-electron chi connectivity index (χ3n) is 4.94. The minimum absolute atomic E-state index is 0.727. The fourth-order valence-corrected chi connectivity index (χ4v) is 4.35. The van der Waals surface area contributed by atoms with E-state index in [0.29, 0.717) is 0 Å². The molecule has 0 atom stereocenters. The van der Waals surface area contributed by atoms with Gasteiger partial charge in [-0.05, 0) is 26.0 Å². The summed E-state index contributed by atoms with van der Waals surface area (Å²) >= 11 is 1.79. The zero-order valence-corrected chi connectivity index (χ0v) is 18.0. The third kappa shape index (κ3) is 5.94. The van der Waals surface area contributed by atoms with Crippen LogP contribution < -0.4 is 10.1 Å². The number of benzene rings is 1. The van der Waals surface area contributed by atoms with Gasteiger partial charge in [-0.1, -0.05) is 18.2 Å². The van der Waals surface area contributed by atoms with E-state index in [4.69, 9.17) is 4.74 Å². The second-order valence-electron chi connectivity index (χ2n) is 6.96. The molecule has 152 valence electrons. The average Bonchev–Trinajstić information content (AvgIpc) is 3.04. The number of guanidine groups is 1. The lowest BCUT2D eigenvalue weighted by Crippen LogP contribution is -2.53. The van der Waals surface area contributed by atoms with Crippen molar-refractivity contribution >= 4 is 17.3 Å². The Morgan fingerprint density at radius 1 is 1.18 bits per heavy atom. The van der Waals surface area contributed by atoms with Crippen LogP contribution in [0.3, 0.4) is 0 Å². The number of nitrogens with zero attached hydrogens (tertiary/aromatic N) is 4. The highest BCUT2D eigenvalue weighted by molar-refractivity contribution is 7.11. The van der Waals surface area contributed by atoms with Crippen molar-refractivity contribution in [1.82, 2.24) is 20.1 Å². The number of hydrogen-bond donors (Lipinski definition) is 1. The van der Waals surface area contributed by atoms with E-state index < -0.39 is 0 Å². The first kappa shape index (κ1) is 20.6. The average molecular weight is 402 g/mol. The number of ether oxygens (including phenoxy) is 1. The van der Waals surface area contributed by atoms with Crippen LogP contribution in [0.2, 0.25) is 0 Å². The van der Waals surface area contributed by atoms with Gasteiger partial charge in [0.1, 0.15) is 12.4 Å². The standard InChI is InChI=1S/C21H31N5OS/c1-17-20(28-18(2)24-17)9-10-23-21(22-3)26-13-11-25(12-14-26)15-16-27-19-7-5-4-6-8-19/h4-8H,9-16H2,1-3H3,(H,22,23). The van der Waals surface area contributed by atoms with Crippen molar-refractivity contribution in [1.29, 1.82) is 0 Å². The van der Waals surface area contributed by atoms with E-state index in [1.54, 1.807) is 11.3 Å². The van der Waals surface area contributed by atoms with Gasteiger partial charge in [0.25, 0.3) is 0 Å². The minimum atomic E-state index is 0.727. The van der Waals surface area contributed by atoms with Gasteiger partial charge >= 0.3 is 0 Å². The molecule has 0 amide bonds. The normalized spacial score (nSPS) is 15.7. The Bertz CT molecular complexity index is 753. The number of aryl methyl sites for hydroxylation is 2. The second-order valence-corrected chi connectivity index (χ2v) is 8.24. The summed E-state index contributed by atoms with van der Waals surface area (Å²) < 4.78 is 5.82. The smallest absolute Gasteiger partial charge is 0.193 e. The van der Waals surface area contributed by atoms with E-state index in [9.17, 15) is 0 Å². The second kappa shape index (κ2) is 10.4. The number of nitrogens with one attached hydrogen (secondary N) is 1. The first-order chi connectivity index (χ1) is 13.7. The van der Waals surface area contributed by atoms with E-state index in [1.165, 1.54) is 4.88 Å². The Morgan fingerprint density at radius 2 is 1.93 bits per heavy atom. The molecule has 1 aromatic heterocycles. The number of aromatic nitrogens is 1. The van der Waals surface area contributed by atoms with Crippen LogP contribution in [0, 0.1) is 13.8 Å². The van der Waals surface area contributed by atoms with Gasteiger partial charge in [-0.3, -0.25) is 9.89 Å². The van der Waals surface area contributed by atoms with Crippen LogP contribution >= 0.6 is 11.3 Å². The molecule has 0 unspecified atom stereocenters. The summed E-state index contributed by atoms with van der Waals surface area (Å²) in [6.07, 6.45) is 0.993. The quantitative estimate of drug-likeness (QED) is 0.571. The van der Waals surface area contributed by atoms with Gasteiger partial charge in [-0.25, -0.2) is 4.98 Å². The Morgan fingerprint density at radius 3 is 2.57 bits per heavy atom. The maximum atomic E-state index is 5.82. The van der Waals surface area contributed by atoms with Crippen molar-refractivity contribution in [3.63, 3.8) is 0 Å². The summed E-state index contributed by atoms with van der Waals surface area (Å²) in [4.78, 5) is 15.1. The van der Waals surface area contributed by atoms with E-state index in [0.717, 1.165) is 74.7 Å². The first-order valence-corrected chi connectivity index (χ1v) is 10.8. The third-order valence-corrected chi connectivity index (χ3v) is 6.07. The molecule has 7 heteroatoms. The Labute approximate surface area is 172 Å². The van der Waals surface area contributed by atoms with Crippen molar-refractivity contribution in [3.05, 3.63) is 45.9 Å². The van der Waals surface area contributed by atoms with Crippen LogP contribution in [0.5, 0.6) is 5.75 Å². The molecule has 0 saturated carbocycles. The van der Waals surface area contributed by atoms with Crippen molar-refractivity contribution < 1.29 is 4.74 Å². The molecule has 1 N–H and O–H groups in total. The highest BCUT2D eigenvalue weighted by atomic mass is 32.1. The molecule has 1 saturated heterocycles. The molecule has 1 aliphatic heterocycles. The van der Waals surface area contributed by atoms with Crippen molar-refractivity contribution in [2.24, 2.45) is 4.99 Å². The highest BCUT2D eigenvalue weighted by Gasteiger charge is 2.19. The van der Waals surface area contributed by atoms with Crippen LogP contribution in [0.25, 0.3) is 0 Å². The Hall–Kier alpha value is -2.12. The molecule has 1 aliphatic rings. The molecule has 0 spiro atoms. The summed E-state index contributed by atoms with van der Waals surface area (Å²) in [6.45, 7) is 10.8. The zero-order valence-electron chi connectivity index (χ0n) is 17.1. The largest absolute Gasteiger partial charge is 0.492 e. The van der Waals surface area contributed by atoms with Crippen LogP contribution in [0.4, 0.5) is 0 Å². The summed E-state index contributed by atoms with van der Waals surface area (Å²) in [5, 5.41) is 4.66. The molecule has 3 rings (SSSR count). The molecular weight excluding hydrogens is 370 g/mol. The van der Waals surface area contributed by atoms with Gasteiger partial charge in [-0.15, -0.1) is 11.3 Å². The van der Waals surface area contributed by atoms with Gasteiger partial charge in [0.2, 0.25) is 0 Å². The van der Waals surface area contributed by atoms with Crippen LogP contribution in [-0.4, -0.2) is 73.7 Å². The van der Waals surface area contributed by atoms with Gasteiger partial charge in [0.05, 0.1) is 10.7 Å². The number of rotatable bonds is 7. The van der Waals surface area contributed by atoms with Crippen molar-refractivity contribution in [2.45, 2.75) is 20.3 Å². The van der Waals surface area contributed by atoms with E-state index in [2.05, 4.69) is 38.9 Å². The fourth-order valence-electron chi connectivity index (χ4n) is 3.42. The molecule has 0 aliphatic carbocycles. The van der Waals surface area contributed by atoms with Crippen LogP contribution in [0.1, 0.15) is 15.6 Å². The van der Waals surface area contributed by atoms with Gasteiger partial charge in [-0.2, -0.15) is 0 Å². The molecule has 2 aromatic rings. The summed E-state index contributed by atoms with van der Waals surface area (Å²) in [7, 11) is 1.87. The molecule has 6 nitrogen and oxygen atoms in total. The van der Waals surface area contributed by atoms with Crippen LogP contribution in [0.15, 0.2) is 35.3 Å². The lowest BCUT2D eigenvalue weighted by Gasteiger charge is -2.36. The van der Waals surface area contributed by atoms with E-state index in [-0.39, 0.29) is 0 Å².